The van der Waals surface area contributed by atoms with E-state index in [2.05, 4.69) is 10.3 Å². The molecule has 0 fully saturated rings. The van der Waals surface area contributed by atoms with Gasteiger partial charge in [-0.2, -0.15) is 8.78 Å². The van der Waals surface area contributed by atoms with E-state index in [0.29, 0.717) is 17.5 Å². The van der Waals surface area contributed by atoms with Crippen LogP contribution in [0, 0.1) is 0 Å². The molecule has 1 aromatic rings. The quantitative estimate of drug-likeness (QED) is 0.926. The smallest absolute Gasteiger partial charge is 0.290 e. The Labute approximate surface area is 116 Å². The van der Waals surface area contributed by atoms with Crippen LogP contribution in [0.5, 0.6) is 0 Å². The third-order valence-corrected chi connectivity index (χ3v) is 3.26. The molecule has 104 valence electrons. The number of guanidine groups is 1. The maximum Gasteiger partial charge on any atom is 0.290 e. The molecule has 0 radical (unpaired) electrons. The van der Waals surface area contributed by atoms with Crippen molar-refractivity contribution < 1.29 is 8.78 Å². The minimum absolute atomic E-state index is 0.0523. The average Bonchev–Trinajstić information content (AvgIpc) is 2.38. The Morgan fingerprint density at radius 1 is 1.37 bits per heavy atom. The third-order valence-electron chi connectivity index (χ3n) is 3.01. The van der Waals surface area contributed by atoms with Crippen molar-refractivity contribution >= 4 is 17.6 Å². The van der Waals surface area contributed by atoms with Crippen LogP contribution in [0.1, 0.15) is 12.0 Å². The summed E-state index contributed by atoms with van der Waals surface area (Å²) >= 11 is 5.69. The van der Waals surface area contributed by atoms with Crippen molar-refractivity contribution in [3.63, 3.8) is 0 Å². The van der Waals surface area contributed by atoms with Gasteiger partial charge in [0, 0.05) is 30.7 Å². The molecule has 0 unspecified atom stereocenters. The molecule has 0 bridgehead atoms. The first-order chi connectivity index (χ1) is 8.99. The summed E-state index contributed by atoms with van der Waals surface area (Å²) in [6.45, 7) is 1.04. The number of benzene rings is 1. The van der Waals surface area contributed by atoms with E-state index < -0.39 is 12.5 Å². The Bertz CT molecular complexity index is 459. The summed E-state index contributed by atoms with van der Waals surface area (Å²) in [6, 6.07) is 5.62. The van der Waals surface area contributed by atoms with Crippen LogP contribution in [0.25, 0.3) is 0 Å². The number of nitrogens with zero attached hydrogens (tertiary/aromatic N) is 2. The molecule has 1 heterocycles. The van der Waals surface area contributed by atoms with Gasteiger partial charge in [0.25, 0.3) is 5.92 Å². The van der Waals surface area contributed by atoms with Gasteiger partial charge in [-0.3, -0.25) is 4.99 Å². The molecule has 0 aliphatic carbocycles. The van der Waals surface area contributed by atoms with Crippen molar-refractivity contribution in [3.05, 3.63) is 34.9 Å². The molecule has 0 saturated carbocycles. The van der Waals surface area contributed by atoms with Crippen LogP contribution in [0.3, 0.4) is 0 Å². The van der Waals surface area contributed by atoms with Gasteiger partial charge < -0.3 is 10.2 Å². The highest BCUT2D eigenvalue weighted by molar-refractivity contribution is 6.30. The lowest BCUT2D eigenvalue weighted by atomic mass is 10.1. The normalized spacial score (nSPS) is 16.2. The molecule has 1 aliphatic heterocycles. The fourth-order valence-electron chi connectivity index (χ4n) is 1.90. The largest absolute Gasteiger partial charge is 0.350 e. The van der Waals surface area contributed by atoms with Gasteiger partial charge in [0.2, 0.25) is 0 Å². The molecule has 1 aliphatic rings. The third kappa shape index (κ3) is 3.56. The van der Waals surface area contributed by atoms with Gasteiger partial charge >= 0.3 is 0 Å². The zero-order chi connectivity index (χ0) is 13.9. The van der Waals surface area contributed by atoms with E-state index in [1.807, 2.05) is 11.9 Å². The molecule has 0 saturated heterocycles. The topological polar surface area (TPSA) is 27.6 Å². The second-order valence-electron chi connectivity index (χ2n) is 4.55. The second-order valence-corrected chi connectivity index (χ2v) is 4.98. The van der Waals surface area contributed by atoms with Crippen LogP contribution in [-0.4, -0.2) is 37.5 Å². The lowest BCUT2D eigenvalue weighted by molar-refractivity contribution is 0.000583. The Kier molecular flexibility index (Phi) is 4.24. The molecule has 2 rings (SSSR count). The zero-order valence-electron chi connectivity index (χ0n) is 10.7. The minimum Gasteiger partial charge on any atom is -0.350 e. The Balaban J connectivity index is 2.01. The minimum atomic E-state index is -2.95. The van der Waals surface area contributed by atoms with Crippen molar-refractivity contribution in [2.75, 3.05) is 26.7 Å². The average molecular weight is 288 g/mol. The van der Waals surface area contributed by atoms with E-state index in [-0.39, 0.29) is 5.56 Å². The fourth-order valence-corrected chi connectivity index (χ4v) is 2.02. The SMILES string of the molecule is CN1CCCN=C1NCC(F)(F)c1ccc(Cl)cc1. The lowest BCUT2D eigenvalue weighted by Gasteiger charge is -2.27. The first-order valence-corrected chi connectivity index (χ1v) is 6.50. The summed E-state index contributed by atoms with van der Waals surface area (Å²) < 4.78 is 28.0. The summed E-state index contributed by atoms with van der Waals surface area (Å²) in [5, 5.41) is 3.17. The summed E-state index contributed by atoms with van der Waals surface area (Å²) in [5.41, 5.74) is -0.0523. The number of hydrogen-bond acceptors (Lipinski definition) is 3. The van der Waals surface area contributed by atoms with Crippen LogP contribution in [0.4, 0.5) is 8.78 Å². The van der Waals surface area contributed by atoms with Gasteiger partial charge in [-0.25, -0.2) is 0 Å². The van der Waals surface area contributed by atoms with Gasteiger partial charge in [0.05, 0.1) is 6.54 Å². The summed E-state index contributed by atoms with van der Waals surface area (Å²) in [7, 11) is 1.84. The van der Waals surface area contributed by atoms with Gasteiger partial charge in [-0.1, -0.05) is 23.7 Å². The van der Waals surface area contributed by atoms with Crippen LogP contribution in [0.2, 0.25) is 5.02 Å². The number of alkyl halides is 2. The molecule has 1 aromatic carbocycles. The monoisotopic (exact) mass is 287 g/mol. The first-order valence-electron chi connectivity index (χ1n) is 6.12. The predicted molar refractivity (Wildman–Crippen MR) is 72.9 cm³/mol. The van der Waals surface area contributed by atoms with Gasteiger partial charge in [0.1, 0.15) is 0 Å². The zero-order valence-corrected chi connectivity index (χ0v) is 11.4. The van der Waals surface area contributed by atoms with E-state index in [0.717, 1.165) is 13.0 Å². The van der Waals surface area contributed by atoms with Crippen LogP contribution < -0.4 is 5.32 Å². The van der Waals surface area contributed by atoms with Crippen molar-refractivity contribution in [2.24, 2.45) is 4.99 Å². The van der Waals surface area contributed by atoms with Crippen LogP contribution >= 0.6 is 11.6 Å². The Hall–Kier alpha value is -1.36. The highest BCUT2D eigenvalue weighted by atomic mass is 35.5. The van der Waals surface area contributed by atoms with Crippen molar-refractivity contribution in [3.8, 4) is 0 Å². The molecular formula is C13H16ClF2N3. The van der Waals surface area contributed by atoms with Crippen molar-refractivity contribution in [1.29, 1.82) is 0 Å². The standard InChI is InChI=1S/C13H16ClF2N3/c1-19-8-2-7-17-12(19)18-9-13(15,16)10-3-5-11(14)6-4-10/h3-6H,2,7-9H2,1H3,(H,17,18). The fraction of sp³-hybridized carbons (Fsp3) is 0.462. The van der Waals surface area contributed by atoms with Crippen LogP contribution in [-0.2, 0) is 5.92 Å². The van der Waals surface area contributed by atoms with E-state index in [9.17, 15) is 8.78 Å². The highest BCUT2D eigenvalue weighted by Gasteiger charge is 2.32. The summed E-state index contributed by atoms with van der Waals surface area (Å²) in [6.07, 6.45) is 0.954. The number of nitrogens with one attached hydrogen (secondary N) is 1. The number of aliphatic imine (C=N–C) groups is 1. The lowest BCUT2D eigenvalue weighted by Crippen LogP contribution is -2.45. The molecular weight excluding hydrogens is 272 g/mol. The maximum atomic E-state index is 14.0. The predicted octanol–water partition coefficient (Wildman–Crippen LogP) is 2.71. The number of hydrogen-bond donors (Lipinski definition) is 1. The molecule has 0 atom stereocenters. The van der Waals surface area contributed by atoms with E-state index in [1.165, 1.54) is 24.3 Å². The van der Waals surface area contributed by atoms with Crippen molar-refractivity contribution in [2.45, 2.75) is 12.3 Å². The van der Waals surface area contributed by atoms with Crippen LogP contribution in [0.15, 0.2) is 29.3 Å². The molecule has 19 heavy (non-hydrogen) atoms. The van der Waals surface area contributed by atoms with E-state index >= 15 is 0 Å². The molecule has 3 nitrogen and oxygen atoms in total. The van der Waals surface area contributed by atoms with Gasteiger partial charge in [0.15, 0.2) is 5.96 Å². The highest BCUT2D eigenvalue weighted by Crippen LogP contribution is 2.28. The summed E-state index contributed by atoms with van der Waals surface area (Å²) in [4.78, 5) is 6.05. The maximum absolute atomic E-state index is 14.0. The molecule has 6 heteroatoms. The molecule has 1 N–H and O–H groups in total. The molecule has 0 aromatic heterocycles. The molecule has 0 spiro atoms. The van der Waals surface area contributed by atoms with Gasteiger partial charge in [-0.15, -0.1) is 0 Å². The Morgan fingerprint density at radius 2 is 2.05 bits per heavy atom. The number of halogens is 3. The first kappa shape index (κ1) is 14.1. The van der Waals surface area contributed by atoms with E-state index in [4.69, 9.17) is 11.6 Å². The van der Waals surface area contributed by atoms with Gasteiger partial charge in [-0.05, 0) is 18.6 Å². The van der Waals surface area contributed by atoms with E-state index in [1.54, 1.807) is 0 Å². The Morgan fingerprint density at radius 3 is 2.68 bits per heavy atom. The molecule has 0 amide bonds. The summed E-state index contributed by atoms with van der Waals surface area (Å²) in [5.74, 6) is -2.43. The number of rotatable bonds is 3. The van der Waals surface area contributed by atoms with Crippen molar-refractivity contribution in [1.82, 2.24) is 10.2 Å². The second kappa shape index (κ2) is 5.74.